The van der Waals surface area contributed by atoms with Crippen LogP contribution in [-0.4, -0.2) is 24.1 Å². The minimum atomic E-state index is -0.632. The van der Waals surface area contributed by atoms with Crippen LogP contribution >= 0.6 is 0 Å². The van der Waals surface area contributed by atoms with Crippen LogP contribution in [0.15, 0.2) is 18.3 Å². The summed E-state index contributed by atoms with van der Waals surface area (Å²) >= 11 is 0. The molecule has 0 aliphatic rings. The van der Waals surface area contributed by atoms with Crippen LogP contribution in [0.4, 0.5) is 8.78 Å². The van der Waals surface area contributed by atoms with Crippen molar-refractivity contribution in [2.24, 2.45) is 0 Å². The van der Waals surface area contributed by atoms with Crippen LogP contribution in [0.5, 0.6) is 0 Å². The fraction of sp³-hybridized carbons (Fsp3) is 0.250. The maximum atomic E-state index is 12.3. The summed E-state index contributed by atoms with van der Waals surface area (Å²) in [6.07, 6.45) is 0.935. The number of hydrogen-bond donors (Lipinski definition) is 1. The first-order valence-corrected chi connectivity index (χ1v) is 3.70. The third-order valence-electron chi connectivity index (χ3n) is 1.34. The predicted molar refractivity (Wildman–Crippen MR) is 42.5 cm³/mol. The molecule has 0 aromatic carbocycles. The number of amides is 1. The second-order valence-corrected chi connectivity index (χ2v) is 2.31. The lowest BCUT2D eigenvalue weighted by Gasteiger charge is -2.00. The highest BCUT2D eigenvalue weighted by molar-refractivity contribution is 5.92. The van der Waals surface area contributed by atoms with Crippen LogP contribution in [0.25, 0.3) is 0 Å². The van der Waals surface area contributed by atoms with E-state index < -0.39 is 18.4 Å². The largest absolute Gasteiger partial charge is 0.348 e. The van der Waals surface area contributed by atoms with E-state index in [0.717, 1.165) is 12.3 Å². The highest BCUT2D eigenvalue weighted by Crippen LogP contribution is 1.97. The summed E-state index contributed by atoms with van der Waals surface area (Å²) in [6, 6.07) is 2.36. The fourth-order valence-corrected chi connectivity index (χ4v) is 0.761. The molecule has 13 heavy (non-hydrogen) atoms. The molecular weight excluding hydrogens is 178 g/mol. The van der Waals surface area contributed by atoms with Gasteiger partial charge in [-0.15, -0.1) is 0 Å². The minimum Gasteiger partial charge on any atom is -0.348 e. The molecule has 0 radical (unpaired) electrons. The van der Waals surface area contributed by atoms with Gasteiger partial charge in [0.2, 0.25) is 0 Å². The molecule has 5 heteroatoms. The van der Waals surface area contributed by atoms with Crippen molar-refractivity contribution in [1.29, 1.82) is 0 Å². The zero-order chi connectivity index (χ0) is 9.68. The molecule has 0 saturated carbocycles. The zero-order valence-corrected chi connectivity index (χ0v) is 6.76. The summed E-state index contributed by atoms with van der Waals surface area (Å²) in [7, 11) is 0. The molecule has 0 aliphatic carbocycles. The Morgan fingerprint density at radius 1 is 1.54 bits per heavy atom. The van der Waals surface area contributed by atoms with Crippen LogP contribution in [-0.2, 0) is 0 Å². The van der Waals surface area contributed by atoms with Gasteiger partial charge in [0.25, 0.3) is 5.91 Å². The minimum absolute atomic E-state index is 0.0576. The Labute approximate surface area is 73.8 Å². The van der Waals surface area contributed by atoms with Gasteiger partial charge in [-0.05, 0) is 12.1 Å². The number of pyridine rings is 1. The van der Waals surface area contributed by atoms with E-state index in [9.17, 15) is 13.6 Å². The van der Waals surface area contributed by atoms with E-state index in [4.69, 9.17) is 0 Å². The average Bonchev–Trinajstić information content (AvgIpc) is 2.15. The third-order valence-corrected chi connectivity index (χ3v) is 1.34. The topological polar surface area (TPSA) is 42.0 Å². The van der Waals surface area contributed by atoms with E-state index in [1.165, 1.54) is 6.07 Å². The van der Waals surface area contributed by atoms with Crippen molar-refractivity contribution >= 4 is 5.91 Å². The monoisotopic (exact) mass is 186 g/mol. The second-order valence-electron chi connectivity index (χ2n) is 2.31. The standard InChI is InChI=1S/C8H8F2N2O/c9-3-4-11-8(13)7-2-1-6(10)5-12-7/h1-2,5H,3-4H2,(H,11,13). The molecule has 0 unspecified atom stereocenters. The van der Waals surface area contributed by atoms with Crippen LogP contribution in [0.3, 0.4) is 0 Å². The van der Waals surface area contributed by atoms with E-state index >= 15 is 0 Å². The number of halogens is 2. The van der Waals surface area contributed by atoms with Crippen molar-refractivity contribution in [3.05, 3.63) is 29.8 Å². The Morgan fingerprint density at radius 3 is 2.85 bits per heavy atom. The maximum absolute atomic E-state index is 12.3. The smallest absolute Gasteiger partial charge is 0.269 e. The first kappa shape index (κ1) is 9.57. The normalized spacial score (nSPS) is 9.69. The van der Waals surface area contributed by atoms with Gasteiger partial charge in [-0.2, -0.15) is 0 Å². The van der Waals surface area contributed by atoms with Gasteiger partial charge >= 0.3 is 0 Å². The quantitative estimate of drug-likeness (QED) is 0.762. The molecule has 1 N–H and O–H groups in total. The van der Waals surface area contributed by atoms with Crippen LogP contribution in [0, 0.1) is 5.82 Å². The molecule has 0 spiro atoms. The molecule has 0 bridgehead atoms. The summed E-state index contributed by atoms with van der Waals surface area (Å²) in [5.41, 5.74) is 0.0786. The number of nitrogens with one attached hydrogen (secondary N) is 1. The van der Waals surface area contributed by atoms with E-state index in [1.54, 1.807) is 0 Å². The lowest BCUT2D eigenvalue weighted by molar-refractivity contribution is 0.0946. The Hall–Kier alpha value is -1.52. The number of carbonyl (C=O) groups is 1. The SMILES string of the molecule is O=C(NCCF)c1ccc(F)cn1. The predicted octanol–water partition coefficient (Wildman–Crippen LogP) is 0.920. The molecule has 3 nitrogen and oxygen atoms in total. The number of rotatable bonds is 3. The van der Waals surface area contributed by atoms with E-state index in [2.05, 4.69) is 10.3 Å². The maximum Gasteiger partial charge on any atom is 0.269 e. The van der Waals surface area contributed by atoms with Gasteiger partial charge in [0.15, 0.2) is 0 Å². The van der Waals surface area contributed by atoms with Gasteiger partial charge in [0, 0.05) is 6.54 Å². The summed E-state index contributed by atoms with van der Waals surface area (Å²) in [5, 5.41) is 2.27. The Kier molecular flexibility index (Phi) is 3.31. The summed E-state index contributed by atoms with van der Waals surface area (Å²) in [4.78, 5) is 14.6. The number of aromatic nitrogens is 1. The lowest BCUT2D eigenvalue weighted by Crippen LogP contribution is -2.26. The molecule has 70 valence electrons. The first-order chi connectivity index (χ1) is 6.24. The van der Waals surface area contributed by atoms with Gasteiger partial charge in [-0.25, -0.2) is 13.8 Å². The molecule has 1 aromatic heterocycles. The number of carbonyl (C=O) groups excluding carboxylic acids is 1. The van der Waals surface area contributed by atoms with Crippen molar-refractivity contribution in [3.63, 3.8) is 0 Å². The molecule has 0 fully saturated rings. The molecule has 1 rings (SSSR count). The number of alkyl halides is 1. The summed E-state index contributed by atoms with van der Waals surface area (Å²) in [6.45, 7) is -0.690. The van der Waals surface area contributed by atoms with Gasteiger partial charge < -0.3 is 5.32 Å². The Bertz CT molecular complexity index is 287. The highest BCUT2D eigenvalue weighted by atomic mass is 19.1. The molecule has 0 aliphatic heterocycles. The van der Waals surface area contributed by atoms with E-state index in [0.29, 0.717) is 0 Å². The van der Waals surface area contributed by atoms with Gasteiger partial charge in [0.05, 0.1) is 6.20 Å². The third kappa shape index (κ3) is 2.77. The molecule has 0 saturated heterocycles. The molecular formula is C8H8F2N2O. The van der Waals surface area contributed by atoms with Crippen molar-refractivity contribution in [3.8, 4) is 0 Å². The summed E-state index contributed by atoms with van der Waals surface area (Å²) < 4.78 is 24.0. The molecule has 1 heterocycles. The lowest BCUT2D eigenvalue weighted by atomic mass is 10.3. The van der Waals surface area contributed by atoms with Gasteiger partial charge in [-0.3, -0.25) is 4.79 Å². The summed E-state index contributed by atoms with van der Waals surface area (Å²) in [5.74, 6) is -1.01. The highest BCUT2D eigenvalue weighted by Gasteiger charge is 2.05. The fourth-order valence-electron chi connectivity index (χ4n) is 0.761. The molecule has 1 amide bonds. The number of nitrogens with zero attached hydrogens (tertiary/aromatic N) is 1. The van der Waals surface area contributed by atoms with Crippen molar-refractivity contribution in [2.45, 2.75) is 0 Å². The average molecular weight is 186 g/mol. The van der Waals surface area contributed by atoms with Crippen LogP contribution < -0.4 is 5.32 Å². The van der Waals surface area contributed by atoms with Crippen molar-refractivity contribution in [2.75, 3.05) is 13.2 Å². The van der Waals surface area contributed by atoms with Crippen molar-refractivity contribution in [1.82, 2.24) is 10.3 Å². The van der Waals surface area contributed by atoms with Gasteiger partial charge in [-0.1, -0.05) is 0 Å². The van der Waals surface area contributed by atoms with E-state index in [1.807, 2.05) is 0 Å². The Morgan fingerprint density at radius 2 is 2.31 bits per heavy atom. The van der Waals surface area contributed by atoms with Crippen LogP contribution in [0.2, 0.25) is 0 Å². The van der Waals surface area contributed by atoms with E-state index in [-0.39, 0.29) is 12.2 Å². The van der Waals surface area contributed by atoms with Gasteiger partial charge in [0.1, 0.15) is 18.2 Å². The van der Waals surface area contributed by atoms with Crippen LogP contribution in [0.1, 0.15) is 10.5 Å². The zero-order valence-electron chi connectivity index (χ0n) is 6.76. The Balaban J connectivity index is 2.61. The van der Waals surface area contributed by atoms with Crippen molar-refractivity contribution < 1.29 is 13.6 Å². The number of hydrogen-bond acceptors (Lipinski definition) is 2. The molecule has 1 aromatic rings. The first-order valence-electron chi connectivity index (χ1n) is 3.70. The molecule has 0 atom stereocenters. The second kappa shape index (κ2) is 4.49.